The van der Waals surface area contributed by atoms with Gasteiger partial charge in [-0.15, -0.1) is 0 Å². The van der Waals surface area contributed by atoms with Gasteiger partial charge in [0.2, 0.25) is 0 Å². The number of nitrogens with one attached hydrogen (secondary N) is 1. The third-order valence-electron chi connectivity index (χ3n) is 3.35. The lowest BCUT2D eigenvalue weighted by Gasteiger charge is -2.23. The molecule has 1 rings (SSSR count). The molecule has 0 amide bonds. The Morgan fingerprint density at radius 3 is 2.60 bits per heavy atom. The Hall–Kier alpha value is -0.860. The van der Waals surface area contributed by atoms with Gasteiger partial charge in [-0.05, 0) is 65.1 Å². The molecule has 2 nitrogen and oxygen atoms in total. The molecule has 1 aromatic rings. The Bertz CT molecular complexity index is 381. The smallest absolute Gasteiger partial charge is 0.0598 e. The Morgan fingerprint density at radius 1 is 1.25 bits per heavy atom. The van der Waals surface area contributed by atoms with Crippen molar-refractivity contribution in [2.45, 2.75) is 53.1 Å². The van der Waals surface area contributed by atoms with Gasteiger partial charge >= 0.3 is 0 Å². The number of rotatable bonds is 8. The highest BCUT2D eigenvalue weighted by molar-refractivity contribution is 5.22. The molecule has 1 N–H and O–H groups in total. The zero-order chi connectivity index (χ0) is 15.0. The van der Waals surface area contributed by atoms with Crippen LogP contribution in [0.3, 0.4) is 0 Å². The molecule has 0 aliphatic carbocycles. The van der Waals surface area contributed by atoms with Crippen LogP contribution in [0.25, 0.3) is 0 Å². The van der Waals surface area contributed by atoms with E-state index < -0.39 is 0 Å². The van der Waals surface area contributed by atoms with Crippen LogP contribution in [-0.4, -0.2) is 25.3 Å². The van der Waals surface area contributed by atoms with Crippen molar-refractivity contribution in [2.75, 3.05) is 19.7 Å². The van der Waals surface area contributed by atoms with Gasteiger partial charge in [0.15, 0.2) is 0 Å². The molecule has 0 saturated carbocycles. The molecule has 0 radical (unpaired) electrons. The molecule has 114 valence electrons. The molecule has 0 heterocycles. The first kappa shape index (κ1) is 17.2. The summed E-state index contributed by atoms with van der Waals surface area (Å²) in [6, 6.07) is 8.84. The van der Waals surface area contributed by atoms with Crippen LogP contribution in [0, 0.1) is 12.8 Å². The van der Waals surface area contributed by atoms with Crippen molar-refractivity contribution >= 4 is 0 Å². The first-order valence-electron chi connectivity index (χ1n) is 7.81. The summed E-state index contributed by atoms with van der Waals surface area (Å²) in [6.07, 6.45) is 2.24. The number of aryl methyl sites for hydroxylation is 1. The lowest BCUT2D eigenvalue weighted by Crippen LogP contribution is -2.27. The minimum atomic E-state index is -0.0356. The third-order valence-corrected chi connectivity index (χ3v) is 3.35. The molecule has 1 atom stereocenters. The van der Waals surface area contributed by atoms with Gasteiger partial charge in [0.25, 0.3) is 0 Å². The van der Waals surface area contributed by atoms with Crippen LogP contribution in [0.5, 0.6) is 0 Å². The quantitative estimate of drug-likeness (QED) is 0.776. The van der Waals surface area contributed by atoms with Gasteiger partial charge in [-0.25, -0.2) is 0 Å². The van der Waals surface area contributed by atoms with E-state index >= 15 is 0 Å². The lowest BCUT2D eigenvalue weighted by atomic mass is 9.95. The van der Waals surface area contributed by atoms with E-state index in [0.29, 0.717) is 5.92 Å². The first-order chi connectivity index (χ1) is 9.40. The summed E-state index contributed by atoms with van der Waals surface area (Å²) >= 11 is 0. The number of benzene rings is 1. The van der Waals surface area contributed by atoms with E-state index in [1.54, 1.807) is 0 Å². The average Bonchev–Trinajstić information content (AvgIpc) is 2.34. The maximum absolute atomic E-state index is 5.87. The molecule has 0 aliphatic rings. The molecule has 2 heteroatoms. The molecule has 20 heavy (non-hydrogen) atoms. The number of ether oxygens (including phenoxy) is 1. The first-order valence-corrected chi connectivity index (χ1v) is 7.81. The second-order valence-electron chi connectivity index (χ2n) is 6.62. The molecule has 1 unspecified atom stereocenters. The summed E-state index contributed by atoms with van der Waals surface area (Å²) in [6.45, 7) is 13.6. The van der Waals surface area contributed by atoms with E-state index in [1.165, 1.54) is 11.1 Å². The van der Waals surface area contributed by atoms with Crippen molar-refractivity contribution in [3.8, 4) is 0 Å². The van der Waals surface area contributed by atoms with Crippen molar-refractivity contribution in [1.29, 1.82) is 0 Å². The molecule has 0 aliphatic heterocycles. The second kappa shape index (κ2) is 8.43. The monoisotopic (exact) mass is 277 g/mol. The van der Waals surface area contributed by atoms with Gasteiger partial charge in [0, 0.05) is 6.61 Å². The van der Waals surface area contributed by atoms with Gasteiger partial charge in [0.05, 0.1) is 5.60 Å². The van der Waals surface area contributed by atoms with E-state index in [4.69, 9.17) is 4.74 Å². The number of hydrogen-bond donors (Lipinski definition) is 1. The Kier molecular flexibility index (Phi) is 7.25. The molecule has 0 bridgehead atoms. The fourth-order valence-corrected chi connectivity index (χ4v) is 2.33. The van der Waals surface area contributed by atoms with Crippen LogP contribution in [0.1, 0.15) is 45.2 Å². The van der Waals surface area contributed by atoms with E-state index in [-0.39, 0.29) is 5.60 Å². The maximum atomic E-state index is 5.87. The molecule has 0 saturated heterocycles. The SMILES string of the molecule is CCNCC(CCOC(C)(C)C)Cc1cccc(C)c1. The molecule has 0 fully saturated rings. The highest BCUT2D eigenvalue weighted by Gasteiger charge is 2.13. The highest BCUT2D eigenvalue weighted by Crippen LogP contribution is 2.15. The Morgan fingerprint density at radius 2 is 2.00 bits per heavy atom. The van der Waals surface area contributed by atoms with Crippen LogP contribution in [-0.2, 0) is 11.2 Å². The Labute approximate surface area is 124 Å². The molecule has 1 aromatic carbocycles. The van der Waals surface area contributed by atoms with Gasteiger partial charge in [-0.1, -0.05) is 36.8 Å². The van der Waals surface area contributed by atoms with E-state index in [1.807, 2.05) is 0 Å². The van der Waals surface area contributed by atoms with Crippen LogP contribution in [0.15, 0.2) is 24.3 Å². The molecule has 0 aromatic heterocycles. The van der Waals surface area contributed by atoms with E-state index in [0.717, 1.165) is 32.5 Å². The van der Waals surface area contributed by atoms with E-state index in [2.05, 4.69) is 64.2 Å². The maximum Gasteiger partial charge on any atom is 0.0598 e. The largest absolute Gasteiger partial charge is 0.376 e. The van der Waals surface area contributed by atoms with Crippen molar-refractivity contribution in [3.05, 3.63) is 35.4 Å². The Balaban J connectivity index is 2.50. The van der Waals surface area contributed by atoms with E-state index in [9.17, 15) is 0 Å². The van der Waals surface area contributed by atoms with Gasteiger partial charge in [-0.3, -0.25) is 0 Å². The summed E-state index contributed by atoms with van der Waals surface area (Å²) in [5.41, 5.74) is 2.74. The average molecular weight is 277 g/mol. The topological polar surface area (TPSA) is 21.3 Å². The summed E-state index contributed by atoms with van der Waals surface area (Å²) in [7, 11) is 0. The van der Waals surface area contributed by atoms with Crippen molar-refractivity contribution < 1.29 is 4.74 Å². The minimum Gasteiger partial charge on any atom is -0.376 e. The normalized spacial score (nSPS) is 13.4. The predicted octanol–water partition coefficient (Wildman–Crippen LogP) is 3.97. The van der Waals surface area contributed by atoms with Gasteiger partial charge < -0.3 is 10.1 Å². The molecule has 0 spiro atoms. The van der Waals surface area contributed by atoms with Gasteiger partial charge in [-0.2, -0.15) is 0 Å². The van der Waals surface area contributed by atoms with Crippen LogP contribution >= 0.6 is 0 Å². The second-order valence-corrected chi connectivity index (χ2v) is 6.62. The van der Waals surface area contributed by atoms with Gasteiger partial charge in [0.1, 0.15) is 0 Å². The summed E-state index contributed by atoms with van der Waals surface area (Å²) in [5, 5.41) is 3.48. The molecular weight excluding hydrogens is 246 g/mol. The zero-order valence-electron chi connectivity index (χ0n) is 13.8. The fourth-order valence-electron chi connectivity index (χ4n) is 2.33. The molecular formula is C18H31NO. The fraction of sp³-hybridized carbons (Fsp3) is 0.667. The van der Waals surface area contributed by atoms with Crippen LogP contribution in [0.4, 0.5) is 0 Å². The zero-order valence-corrected chi connectivity index (χ0v) is 13.8. The third kappa shape index (κ3) is 7.66. The van der Waals surface area contributed by atoms with Crippen LogP contribution in [0.2, 0.25) is 0 Å². The number of hydrogen-bond acceptors (Lipinski definition) is 2. The van der Waals surface area contributed by atoms with Crippen LogP contribution < -0.4 is 5.32 Å². The summed E-state index contributed by atoms with van der Waals surface area (Å²) in [5.74, 6) is 0.638. The standard InChI is InChI=1S/C18H31NO/c1-6-19-14-17(10-11-20-18(3,4)5)13-16-9-7-8-15(2)12-16/h7-9,12,17,19H,6,10-11,13-14H2,1-5H3. The van der Waals surface area contributed by atoms with Crippen molar-refractivity contribution in [2.24, 2.45) is 5.92 Å². The summed E-state index contributed by atoms with van der Waals surface area (Å²) < 4.78 is 5.87. The minimum absolute atomic E-state index is 0.0356. The summed E-state index contributed by atoms with van der Waals surface area (Å²) in [4.78, 5) is 0. The van der Waals surface area contributed by atoms with Crippen molar-refractivity contribution in [1.82, 2.24) is 5.32 Å². The highest BCUT2D eigenvalue weighted by atomic mass is 16.5. The lowest BCUT2D eigenvalue weighted by molar-refractivity contribution is -0.00918. The van der Waals surface area contributed by atoms with Crippen molar-refractivity contribution in [3.63, 3.8) is 0 Å². The predicted molar refractivity (Wildman–Crippen MR) is 87.2 cm³/mol.